The largest absolute Gasteiger partial charge is 0.494 e. The van der Waals surface area contributed by atoms with Crippen molar-refractivity contribution in [1.82, 2.24) is 4.90 Å². The predicted octanol–water partition coefficient (Wildman–Crippen LogP) is 3.66. The number of carbonyl (C=O) groups is 1. The first kappa shape index (κ1) is 19.2. The molecule has 1 amide bonds. The van der Waals surface area contributed by atoms with Crippen LogP contribution in [0.15, 0.2) is 42.5 Å². The number of halogens is 1. The van der Waals surface area contributed by atoms with Gasteiger partial charge in [-0.05, 0) is 54.8 Å². The Kier molecular flexibility index (Phi) is 6.29. The Morgan fingerprint density at radius 1 is 1.26 bits per heavy atom. The van der Waals surface area contributed by atoms with Crippen LogP contribution in [-0.4, -0.2) is 44.3 Å². The standard InChI is InChI=1S/C21H24FNO4/c1-23(13-15-5-10-20(25-2)19(22)12-15)21(24)16-6-8-17(9-7-16)27-14-18-4-3-11-26-18/h5-10,12,18H,3-4,11,13-14H2,1-2H3/t18-/m1/s1. The van der Waals surface area contributed by atoms with E-state index < -0.39 is 5.82 Å². The Morgan fingerprint density at radius 2 is 2.04 bits per heavy atom. The van der Waals surface area contributed by atoms with E-state index in [0.29, 0.717) is 30.0 Å². The highest BCUT2D eigenvalue weighted by Gasteiger charge is 2.17. The molecule has 0 saturated carbocycles. The van der Waals surface area contributed by atoms with Crippen molar-refractivity contribution in [3.8, 4) is 11.5 Å². The molecule has 0 radical (unpaired) electrons. The second kappa shape index (κ2) is 8.86. The third-order valence-corrected chi connectivity index (χ3v) is 4.54. The quantitative estimate of drug-likeness (QED) is 0.743. The van der Waals surface area contributed by atoms with Gasteiger partial charge in [0.15, 0.2) is 11.6 Å². The minimum absolute atomic E-state index is 0.142. The molecule has 6 heteroatoms. The molecule has 1 atom stereocenters. The van der Waals surface area contributed by atoms with E-state index in [-0.39, 0.29) is 17.8 Å². The zero-order valence-corrected chi connectivity index (χ0v) is 15.6. The number of ether oxygens (including phenoxy) is 3. The van der Waals surface area contributed by atoms with Crippen molar-refractivity contribution in [2.24, 2.45) is 0 Å². The van der Waals surface area contributed by atoms with Crippen LogP contribution in [0.25, 0.3) is 0 Å². The summed E-state index contributed by atoms with van der Waals surface area (Å²) < 4.78 is 30.0. The third-order valence-electron chi connectivity index (χ3n) is 4.54. The summed E-state index contributed by atoms with van der Waals surface area (Å²) in [5, 5.41) is 0. The average Bonchev–Trinajstić information content (AvgIpc) is 3.20. The predicted molar refractivity (Wildman–Crippen MR) is 99.7 cm³/mol. The Balaban J connectivity index is 1.56. The average molecular weight is 373 g/mol. The summed E-state index contributed by atoms with van der Waals surface area (Å²) in [4.78, 5) is 14.1. The number of amides is 1. The Morgan fingerprint density at radius 3 is 2.67 bits per heavy atom. The zero-order chi connectivity index (χ0) is 19.2. The number of benzene rings is 2. The molecule has 5 nitrogen and oxygen atoms in total. The first-order valence-corrected chi connectivity index (χ1v) is 8.99. The van der Waals surface area contributed by atoms with Crippen LogP contribution in [0.5, 0.6) is 11.5 Å². The summed E-state index contributed by atoms with van der Waals surface area (Å²) >= 11 is 0. The summed E-state index contributed by atoms with van der Waals surface area (Å²) in [6, 6.07) is 11.7. The summed E-state index contributed by atoms with van der Waals surface area (Å²) in [6.45, 7) is 1.62. The fourth-order valence-electron chi connectivity index (χ4n) is 3.03. The van der Waals surface area contributed by atoms with Crippen LogP contribution in [0.2, 0.25) is 0 Å². The smallest absolute Gasteiger partial charge is 0.253 e. The van der Waals surface area contributed by atoms with E-state index in [2.05, 4.69) is 0 Å². The van der Waals surface area contributed by atoms with Crippen LogP contribution >= 0.6 is 0 Å². The van der Waals surface area contributed by atoms with Crippen LogP contribution in [0.1, 0.15) is 28.8 Å². The van der Waals surface area contributed by atoms with Crippen LogP contribution in [0.4, 0.5) is 4.39 Å². The molecule has 1 aliphatic rings. The number of hydrogen-bond donors (Lipinski definition) is 0. The van der Waals surface area contributed by atoms with Crippen LogP contribution in [0, 0.1) is 5.82 Å². The van der Waals surface area contributed by atoms with Gasteiger partial charge in [0, 0.05) is 25.8 Å². The van der Waals surface area contributed by atoms with Gasteiger partial charge in [-0.2, -0.15) is 0 Å². The maximum absolute atomic E-state index is 13.8. The monoisotopic (exact) mass is 373 g/mol. The lowest BCUT2D eigenvalue weighted by atomic mass is 10.1. The van der Waals surface area contributed by atoms with Gasteiger partial charge in [-0.3, -0.25) is 4.79 Å². The van der Waals surface area contributed by atoms with Gasteiger partial charge in [0.25, 0.3) is 5.91 Å². The molecule has 0 aromatic heterocycles. The molecule has 0 spiro atoms. The fourth-order valence-corrected chi connectivity index (χ4v) is 3.03. The highest BCUT2D eigenvalue weighted by Crippen LogP contribution is 2.20. The Hall–Kier alpha value is -2.60. The maximum atomic E-state index is 13.8. The van der Waals surface area contributed by atoms with Gasteiger partial charge in [0.2, 0.25) is 0 Å². The fraction of sp³-hybridized carbons (Fsp3) is 0.381. The molecule has 3 rings (SSSR count). The van der Waals surface area contributed by atoms with Crippen molar-refractivity contribution in [2.75, 3.05) is 27.4 Å². The molecule has 0 aliphatic carbocycles. The van der Waals surface area contributed by atoms with Gasteiger partial charge in [-0.1, -0.05) is 6.07 Å². The summed E-state index contributed by atoms with van der Waals surface area (Å²) in [5.41, 5.74) is 1.25. The third kappa shape index (κ3) is 4.98. The summed E-state index contributed by atoms with van der Waals surface area (Å²) in [5.74, 6) is 0.314. The lowest BCUT2D eigenvalue weighted by Crippen LogP contribution is -2.26. The van der Waals surface area contributed by atoms with Crippen LogP contribution in [-0.2, 0) is 11.3 Å². The second-order valence-electron chi connectivity index (χ2n) is 6.60. The zero-order valence-electron chi connectivity index (χ0n) is 15.6. The molecule has 1 heterocycles. The molecule has 0 N–H and O–H groups in total. The van der Waals surface area contributed by atoms with E-state index in [0.717, 1.165) is 19.4 Å². The van der Waals surface area contributed by atoms with E-state index in [1.165, 1.54) is 13.2 Å². The van der Waals surface area contributed by atoms with Crippen LogP contribution in [0.3, 0.4) is 0 Å². The molecule has 0 unspecified atom stereocenters. The lowest BCUT2D eigenvalue weighted by Gasteiger charge is -2.18. The van der Waals surface area contributed by atoms with E-state index in [9.17, 15) is 9.18 Å². The summed E-state index contributed by atoms with van der Waals surface area (Å²) in [6.07, 6.45) is 2.25. The molecule has 2 aromatic carbocycles. The van der Waals surface area contributed by atoms with Crippen molar-refractivity contribution in [1.29, 1.82) is 0 Å². The van der Waals surface area contributed by atoms with Gasteiger partial charge in [0.05, 0.1) is 13.2 Å². The highest BCUT2D eigenvalue weighted by atomic mass is 19.1. The minimum Gasteiger partial charge on any atom is -0.494 e. The maximum Gasteiger partial charge on any atom is 0.253 e. The topological polar surface area (TPSA) is 48.0 Å². The molecule has 1 saturated heterocycles. The molecule has 27 heavy (non-hydrogen) atoms. The normalized spacial score (nSPS) is 16.2. The van der Waals surface area contributed by atoms with E-state index >= 15 is 0 Å². The Labute approximate surface area is 158 Å². The van der Waals surface area contributed by atoms with E-state index in [4.69, 9.17) is 14.2 Å². The number of nitrogens with zero attached hydrogens (tertiary/aromatic N) is 1. The van der Waals surface area contributed by atoms with Crippen molar-refractivity contribution >= 4 is 5.91 Å². The molecule has 1 fully saturated rings. The van der Waals surface area contributed by atoms with Crippen molar-refractivity contribution in [3.05, 3.63) is 59.4 Å². The van der Waals surface area contributed by atoms with Gasteiger partial charge in [0.1, 0.15) is 12.4 Å². The SMILES string of the molecule is COc1ccc(CN(C)C(=O)c2ccc(OC[C@H]3CCCO3)cc2)cc1F. The highest BCUT2D eigenvalue weighted by molar-refractivity contribution is 5.94. The summed E-state index contributed by atoms with van der Waals surface area (Å²) in [7, 11) is 3.11. The molecular weight excluding hydrogens is 349 g/mol. The molecule has 2 aromatic rings. The number of methoxy groups -OCH3 is 1. The van der Waals surface area contributed by atoms with Gasteiger partial charge in [-0.25, -0.2) is 4.39 Å². The first-order chi connectivity index (χ1) is 13.1. The molecule has 0 bridgehead atoms. The minimum atomic E-state index is -0.441. The second-order valence-corrected chi connectivity index (χ2v) is 6.60. The number of carbonyl (C=O) groups excluding carboxylic acids is 1. The van der Waals surface area contributed by atoms with Gasteiger partial charge < -0.3 is 19.1 Å². The van der Waals surface area contributed by atoms with Gasteiger partial charge >= 0.3 is 0 Å². The van der Waals surface area contributed by atoms with Crippen molar-refractivity contribution in [3.63, 3.8) is 0 Å². The van der Waals surface area contributed by atoms with Gasteiger partial charge in [-0.15, -0.1) is 0 Å². The Bertz CT molecular complexity index is 772. The molecule has 1 aliphatic heterocycles. The first-order valence-electron chi connectivity index (χ1n) is 8.99. The number of hydrogen-bond acceptors (Lipinski definition) is 4. The molecular formula is C21H24FNO4. The number of rotatable bonds is 7. The van der Waals surface area contributed by atoms with Crippen molar-refractivity contribution in [2.45, 2.75) is 25.5 Å². The van der Waals surface area contributed by atoms with Crippen molar-refractivity contribution < 1.29 is 23.4 Å². The van der Waals surface area contributed by atoms with Crippen LogP contribution < -0.4 is 9.47 Å². The lowest BCUT2D eigenvalue weighted by molar-refractivity contribution is 0.0679. The molecule has 144 valence electrons. The van der Waals surface area contributed by atoms with E-state index in [1.54, 1.807) is 48.3 Å². The van der Waals surface area contributed by atoms with E-state index in [1.807, 2.05) is 0 Å².